The summed E-state index contributed by atoms with van der Waals surface area (Å²) in [6, 6.07) is 8.29. The van der Waals surface area contributed by atoms with Gasteiger partial charge in [0.2, 0.25) is 0 Å². The maximum absolute atomic E-state index is 12.1. The van der Waals surface area contributed by atoms with Crippen LogP contribution in [0.1, 0.15) is 45.1 Å². The summed E-state index contributed by atoms with van der Waals surface area (Å²) in [6.07, 6.45) is 5.18. The first kappa shape index (κ1) is 23.7. The van der Waals surface area contributed by atoms with Gasteiger partial charge < -0.3 is 10.6 Å². The molecule has 0 aromatic heterocycles. The number of guanidine groups is 1. The molecule has 0 amide bonds. The van der Waals surface area contributed by atoms with Gasteiger partial charge >= 0.3 is 0 Å². The second kappa shape index (κ2) is 12.9. The van der Waals surface area contributed by atoms with E-state index >= 15 is 0 Å². The maximum atomic E-state index is 12.1. The van der Waals surface area contributed by atoms with Crippen molar-refractivity contribution in [2.75, 3.05) is 18.8 Å². The summed E-state index contributed by atoms with van der Waals surface area (Å²) < 4.78 is 12.1. The number of hydrogen-bond donors (Lipinski definition) is 2. The lowest BCUT2D eigenvalue weighted by Crippen LogP contribution is -2.46. The average molecular weight is 512 g/mol. The monoisotopic (exact) mass is 511 g/mol. The van der Waals surface area contributed by atoms with E-state index < -0.39 is 10.8 Å². The first-order valence-electron chi connectivity index (χ1n) is 9.28. The van der Waals surface area contributed by atoms with Crippen molar-refractivity contribution in [2.45, 2.75) is 57.2 Å². The highest BCUT2D eigenvalue weighted by Crippen LogP contribution is 2.23. The Morgan fingerprint density at radius 3 is 2.85 bits per heavy atom. The van der Waals surface area contributed by atoms with Crippen molar-refractivity contribution in [2.24, 2.45) is 4.99 Å². The number of benzene rings is 1. The van der Waals surface area contributed by atoms with Gasteiger partial charge in [-0.25, -0.2) is 0 Å². The van der Waals surface area contributed by atoms with E-state index in [0.717, 1.165) is 55.4 Å². The van der Waals surface area contributed by atoms with Crippen molar-refractivity contribution in [1.82, 2.24) is 10.6 Å². The van der Waals surface area contributed by atoms with Crippen LogP contribution in [-0.4, -0.2) is 40.3 Å². The molecule has 1 aliphatic carbocycles. The van der Waals surface area contributed by atoms with Gasteiger partial charge in [-0.1, -0.05) is 37.1 Å². The van der Waals surface area contributed by atoms with Crippen LogP contribution in [0.15, 0.2) is 29.3 Å². The molecule has 0 heterocycles. The number of rotatable bonds is 7. The lowest BCUT2D eigenvalue weighted by atomic mass is 9.95. The summed E-state index contributed by atoms with van der Waals surface area (Å²) >= 11 is 6.03. The first-order chi connectivity index (χ1) is 12.1. The van der Waals surface area contributed by atoms with Gasteiger partial charge in [0, 0.05) is 46.0 Å². The fraction of sp³-hybridized carbons (Fsp3) is 0.632. The van der Waals surface area contributed by atoms with Crippen LogP contribution in [0, 0.1) is 0 Å². The van der Waals surface area contributed by atoms with Crippen LogP contribution in [0.2, 0.25) is 5.02 Å². The Labute approximate surface area is 182 Å². The Balaban J connectivity index is 0.00000338. The standard InChI is InChI=1S/C19H30ClN3OS.HI/c1-3-21-19(22-12-11-15-7-5-8-16(20)13-15)23-17-9-6-10-18(14-17)25(24)4-2;/h5,7-8,13,17-18H,3-4,6,9-12,14H2,1-2H3,(H2,21,22,23);1H. The third-order valence-corrected chi connectivity index (χ3v) is 6.50. The van der Waals surface area contributed by atoms with Gasteiger partial charge in [0.25, 0.3) is 0 Å². The SMILES string of the molecule is CCNC(=NCCc1cccc(Cl)c1)NC1CCCC(S(=O)CC)C1.I. The van der Waals surface area contributed by atoms with Crippen molar-refractivity contribution in [3.63, 3.8) is 0 Å². The number of hydrogen-bond acceptors (Lipinski definition) is 2. The topological polar surface area (TPSA) is 53.5 Å². The van der Waals surface area contributed by atoms with Crippen LogP contribution in [0.5, 0.6) is 0 Å². The van der Waals surface area contributed by atoms with Crippen LogP contribution in [-0.2, 0) is 17.2 Å². The smallest absolute Gasteiger partial charge is 0.191 e. The first-order valence-corrected chi connectivity index (χ1v) is 11.0. The Morgan fingerprint density at radius 1 is 1.35 bits per heavy atom. The van der Waals surface area contributed by atoms with E-state index in [4.69, 9.17) is 16.6 Å². The highest BCUT2D eigenvalue weighted by Gasteiger charge is 2.25. The zero-order valence-electron chi connectivity index (χ0n) is 15.7. The zero-order valence-corrected chi connectivity index (χ0v) is 19.6. The Bertz CT molecular complexity index is 600. The van der Waals surface area contributed by atoms with Crippen molar-refractivity contribution >= 4 is 52.3 Å². The molecule has 7 heteroatoms. The molecule has 3 atom stereocenters. The highest BCUT2D eigenvalue weighted by atomic mass is 127. The van der Waals surface area contributed by atoms with Crippen molar-refractivity contribution < 1.29 is 4.21 Å². The number of halogens is 2. The molecular formula is C19H31ClIN3OS. The molecule has 0 spiro atoms. The molecular weight excluding hydrogens is 481 g/mol. The van der Waals surface area contributed by atoms with E-state index in [1.165, 1.54) is 5.56 Å². The third-order valence-electron chi connectivity index (χ3n) is 4.53. The lowest BCUT2D eigenvalue weighted by Gasteiger charge is -2.30. The Morgan fingerprint density at radius 2 is 2.15 bits per heavy atom. The van der Waals surface area contributed by atoms with Crippen molar-refractivity contribution in [1.29, 1.82) is 0 Å². The molecule has 2 N–H and O–H groups in total. The van der Waals surface area contributed by atoms with Gasteiger partial charge in [-0.05, 0) is 50.3 Å². The lowest BCUT2D eigenvalue weighted by molar-refractivity contribution is 0.413. The Hall–Kier alpha value is -0.340. The van der Waals surface area contributed by atoms with Gasteiger partial charge in [-0.2, -0.15) is 0 Å². The van der Waals surface area contributed by atoms with Gasteiger partial charge in [0.15, 0.2) is 5.96 Å². The van der Waals surface area contributed by atoms with Gasteiger partial charge in [-0.3, -0.25) is 9.20 Å². The van der Waals surface area contributed by atoms with E-state index in [1.54, 1.807) is 0 Å². The quantitative estimate of drug-likeness (QED) is 0.329. The molecule has 148 valence electrons. The number of aliphatic imine (C=N–C) groups is 1. The maximum Gasteiger partial charge on any atom is 0.191 e. The average Bonchev–Trinajstić information content (AvgIpc) is 2.61. The molecule has 1 aromatic rings. The van der Waals surface area contributed by atoms with Crippen LogP contribution in [0.3, 0.4) is 0 Å². The van der Waals surface area contributed by atoms with Crippen molar-refractivity contribution in [3.05, 3.63) is 34.9 Å². The second-order valence-corrected chi connectivity index (χ2v) is 8.88. The van der Waals surface area contributed by atoms with Gasteiger partial charge in [-0.15, -0.1) is 24.0 Å². The molecule has 1 saturated carbocycles. The minimum atomic E-state index is -0.698. The summed E-state index contributed by atoms with van der Waals surface area (Å²) in [6.45, 7) is 5.63. The fourth-order valence-electron chi connectivity index (χ4n) is 3.25. The summed E-state index contributed by atoms with van der Waals surface area (Å²) in [7, 11) is -0.698. The fourth-order valence-corrected chi connectivity index (χ4v) is 4.81. The predicted molar refractivity (Wildman–Crippen MR) is 124 cm³/mol. The molecule has 1 aliphatic rings. The van der Waals surface area contributed by atoms with E-state index in [0.29, 0.717) is 17.8 Å². The summed E-state index contributed by atoms with van der Waals surface area (Å²) in [5.74, 6) is 1.61. The predicted octanol–water partition coefficient (Wildman–Crippen LogP) is 4.14. The molecule has 4 nitrogen and oxygen atoms in total. The van der Waals surface area contributed by atoms with E-state index in [1.807, 2.05) is 25.1 Å². The number of nitrogens with one attached hydrogen (secondary N) is 2. The number of nitrogens with zero attached hydrogens (tertiary/aromatic N) is 1. The van der Waals surface area contributed by atoms with Crippen LogP contribution in [0.4, 0.5) is 0 Å². The summed E-state index contributed by atoms with van der Waals surface area (Å²) in [5.41, 5.74) is 1.20. The minimum Gasteiger partial charge on any atom is -0.357 e. The third kappa shape index (κ3) is 8.13. The van der Waals surface area contributed by atoms with Crippen molar-refractivity contribution in [3.8, 4) is 0 Å². The van der Waals surface area contributed by atoms with Crippen LogP contribution < -0.4 is 10.6 Å². The van der Waals surface area contributed by atoms with E-state index in [9.17, 15) is 4.21 Å². The Kier molecular flexibility index (Phi) is 11.8. The molecule has 26 heavy (non-hydrogen) atoms. The van der Waals surface area contributed by atoms with E-state index in [-0.39, 0.29) is 24.0 Å². The van der Waals surface area contributed by atoms with Crippen LogP contribution >= 0.6 is 35.6 Å². The second-order valence-electron chi connectivity index (χ2n) is 6.44. The largest absolute Gasteiger partial charge is 0.357 e. The molecule has 0 radical (unpaired) electrons. The minimum absolute atomic E-state index is 0. The molecule has 2 rings (SSSR count). The summed E-state index contributed by atoms with van der Waals surface area (Å²) in [5, 5.41) is 7.96. The molecule has 1 fully saturated rings. The van der Waals surface area contributed by atoms with E-state index in [2.05, 4.69) is 23.6 Å². The highest BCUT2D eigenvalue weighted by molar-refractivity contribution is 14.0. The summed E-state index contributed by atoms with van der Waals surface area (Å²) in [4.78, 5) is 4.70. The molecule has 3 unspecified atom stereocenters. The zero-order chi connectivity index (χ0) is 18.1. The molecule has 0 saturated heterocycles. The molecule has 0 bridgehead atoms. The normalized spacial score (nSPS) is 21.6. The molecule has 0 aliphatic heterocycles. The molecule has 1 aromatic carbocycles. The van der Waals surface area contributed by atoms with Gasteiger partial charge in [0.05, 0.1) is 0 Å². The van der Waals surface area contributed by atoms with Gasteiger partial charge in [0.1, 0.15) is 0 Å². The van der Waals surface area contributed by atoms with Crippen LogP contribution in [0.25, 0.3) is 0 Å².